The molecule has 11 aromatic rings. The first-order valence-electron chi connectivity index (χ1n) is 19.8. The lowest BCUT2D eigenvalue weighted by Gasteiger charge is -2.12. The highest BCUT2D eigenvalue weighted by atomic mass is 16.3. The van der Waals surface area contributed by atoms with Crippen LogP contribution in [-0.2, 0) is 0 Å². The number of para-hydroxylation sites is 1. The van der Waals surface area contributed by atoms with Gasteiger partial charge in [-0.15, -0.1) is 0 Å². The third kappa shape index (κ3) is 6.34. The van der Waals surface area contributed by atoms with Crippen LogP contribution in [0, 0.1) is 0 Å². The summed E-state index contributed by atoms with van der Waals surface area (Å²) in [6.45, 7) is 0. The van der Waals surface area contributed by atoms with Crippen molar-refractivity contribution < 1.29 is 4.42 Å². The molecule has 4 nitrogen and oxygen atoms in total. The van der Waals surface area contributed by atoms with Crippen molar-refractivity contribution >= 4 is 32.7 Å². The molecule has 0 unspecified atom stereocenters. The van der Waals surface area contributed by atoms with Crippen LogP contribution >= 0.6 is 0 Å². The molecule has 4 heteroatoms. The monoisotopic (exact) mass is 753 g/mol. The highest BCUT2D eigenvalue weighted by Gasteiger charge is 2.20. The Kier molecular flexibility index (Phi) is 8.45. The number of hydrogen-bond donors (Lipinski definition) is 0. The molecule has 276 valence electrons. The highest BCUT2D eigenvalue weighted by molar-refractivity contribution is 6.15. The number of nitrogens with zero attached hydrogens (tertiary/aromatic N) is 3. The molecule has 0 N–H and O–H groups in total. The van der Waals surface area contributed by atoms with Crippen molar-refractivity contribution in [3.63, 3.8) is 0 Å². The molecule has 0 saturated carbocycles. The van der Waals surface area contributed by atoms with Crippen LogP contribution in [0.5, 0.6) is 0 Å². The smallest absolute Gasteiger partial charge is 0.164 e. The van der Waals surface area contributed by atoms with Gasteiger partial charge >= 0.3 is 0 Å². The Morgan fingerprint density at radius 3 is 1.58 bits per heavy atom. The third-order valence-corrected chi connectivity index (χ3v) is 11.1. The molecule has 0 amide bonds. The van der Waals surface area contributed by atoms with Crippen LogP contribution in [0.4, 0.5) is 0 Å². The second kappa shape index (κ2) is 14.5. The Morgan fingerprint density at radius 2 is 0.814 bits per heavy atom. The van der Waals surface area contributed by atoms with E-state index in [0.717, 1.165) is 72.0 Å². The van der Waals surface area contributed by atoms with Crippen LogP contribution in [-0.4, -0.2) is 15.0 Å². The van der Waals surface area contributed by atoms with Crippen molar-refractivity contribution in [2.45, 2.75) is 0 Å². The fourth-order valence-corrected chi connectivity index (χ4v) is 8.25. The van der Waals surface area contributed by atoms with E-state index < -0.39 is 0 Å². The number of benzene rings is 9. The lowest BCUT2D eigenvalue weighted by Crippen LogP contribution is -2.00. The normalized spacial score (nSPS) is 11.4. The molecule has 2 aromatic heterocycles. The van der Waals surface area contributed by atoms with Gasteiger partial charge in [-0.25, -0.2) is 15.0 Å². The number of hydrogen-bond acceptors (Lipinski definition) is 4. The number of fused-ring (bicyclic) bond motifs is 4. The molecule has 59 heavy (non-hydrogen) atoms. The summed E-state index contributed by atoms with van der Waals surface area (Å²) in [4.78, 5) is 15.6. The molecule has 0 aliphatic rings. The summed E-state index contributed by atoms with van der Waals surface area (Å²) in [5, 5.41) is 4.36. The van der Waals surface area contributed by atoms with Gasteiger partial charge in [0.1, 0.15) is 11.2 Å². The predicted octanol–water partition coefficient (Wildman–Crippen LogP) is 14.6. The molecule has 2 heterocycles. The van der Waals surface area contributed by atoms with Crippen molar-refractivity contribution in [3.05, 3.63) is 212 Å². The van der Waals surface area contributed by atoms with Crippen molar-refractivity contribution in [2.75, 3.05) is 0 Å². The Balaban J connectivity index is 1.09. The van der Waals surface area contributed by atoms with E-state index in [4.69, 9.17) is 19.4 Å². The average molecular weight is 754 g/mol. The zero-order chi connectivity index (χ0) is 39.1. The topological polar surface area (TPSA) is 51.8 Å². The fourth-order valence-electron chi connectivity index (χ4n) is 8.25. The van der Waals surface area contributed by atoms with Crippen molar-refractivity contribution in [2.24, 2.45) is 0 Å². The molecule has 0 spiro atoms. The van der Waals surface area contributed by atoms with Gasteiger partial charge in [0.05, 0.1) is 0 Å². The van der Waals surface area contributed by atoms with E-state index in [9.17, 15) is 0 Å². The van der Waals surface area contributed by atoms with Crippen molar-refractivity contribution in [3.8, 4) is 78.7 Å². The van der Waals surface area contributed by atoms with Gasteiger partial charge in [0.25, 0.3) is 0 Å². The standard InChI is InChI=1S/C55H35N3O/c1-4-15-36(16-5-1)38-29-31-40(32-30-38)53-56-54(43-23-12-22-41(33-43)37-17-6-2-7-18-37)58-55(57-53)48-27-14-28-50-51(48)47-26-13-25-46(52(47)59-50)44-34-42-21-10-11-24-45(42)49(35-44)39-19-8-3-9-20-39/h1-35H. The van der Waals surface area contributed by atoms with Gasteiger partial charge in [0.15, 0.2) is 17.5 Å². The quantitative estimate of drug-likeness (QED) is 0.163. The average Bonchev–Trinajstić information content (AvgIpc) is 3.71. The maximum absolute atomic E-state index is 6.84. The lowest BCUT2D eigenvalue weighted by atomic mass is 9.92. The summed E-state index contributed by atoms with van der Waals surface area (Å²) in [7, 11) is 0. The molecule has 0 atom stereocenters. The van der Waals surface area contributed by atoms with E-state index in [1.54, 1.807) is 0 Å². The first-order valence-corrected chi connectivity index (χ1v) is 19.8. The Labute approximate surface area is 341 Å². The van der Waals surface area contributed by atoms with Gasteiger partial charge in [-0.2, -0.15) is 0 Å². The van der Waals surface area contributed by atoms with Gasteiger partial charge in [0.2, 0.25) is 0 Å². The Morgan fingerprint density at radius 1 is 0.288 bits per heavy atom. The van der Waals surface area contributed by atoms with Gasteiger partial charge in [0, 0.05) is 33.0 Å². The zero-order valence-corrected chi connectivity index (χ0v) is 32.0. The van der Waals surface area contributed by atoms with Gasteiger partial charge in [-0.05, 0) is 74.0 Å². The van der Waals surface area contributed by atoms with E-state index in [0.29, 0.717) is 17.5 Å². The maximum atomic E-state index is 6.84. The van der Waals surface area contributed by atoms with Gasteiger partial charge in [-0.3, -0.25) is 0 Å². The third-order valence-electron chi connectivity index (χ3n) is 11.1. The summed E-state index contributed by atoms with van der Waals surface area (Å²) in [6.07, 6.45) is 0. The zero-order valence-electron chi connectivity index (χ0n) is 32.0. The van der Waals surface area contributed by atoms with Crippen LogP contribution in [0.25, 0.3) is 111 Å². The second-order valence-electron chi connectivity index (χ2n) is 14.8. The van der Waals surface area contributed by atoms with Gasteiger partial charge in [-0.1, -0.05) is 188 Å². The molecule has 0 bridgehead atoms. The number of furan rings is 1. The first-order chi connectivity index (χ1) is 29.2. The van der Waals surface area contributed by atoms with E-state index in [2.05, 4.69) is 188 Å². The summed E-state index contributed by atoms with van der Waals surface area (Å²) >= 11 is 0. The molecular weight excluding hydrogens is 719 g/mol. The minimum Gasteiger partial charge on any atom is -0.455 e. The summed E-state index contributed by atoms with van der Waals surface area (Å²) in [5.74, 6) is 1.79. The molecule has 0 fully saturated rings. The number of aromatic nitrogens is 3. The SMILES string of the molecule is c1ccc(-c2ccc(-c3nc(-c4cccc(-c5ccccc5)c4)nc(-c4cccc5oc6c(-c7cc(-c8ccccc8)c8ccccc8c7)cccc6c45)n3)cc2)cc1. The molecule has 0 radical (unpaired) electrons. The minimum absolute atomic E-state index is 0.582. The van der Waals surface area contributed by atoms with Gasteiger partial charge < -0.3 is 4.42 Å². The number of rotatable bonds is 7. The lowest BCUT2D eigenvalue weighted by molar-refractivity contribution is 0.670. The van der Waals surface area contributed by atoms with E-state index in [1.165, 1.54) is 21.9 Å². The van der Waals surface area contributed by atoms with E-state index in [-0.39, 0.29) is 0 Å². The molecule has 0 aliphatic heterocycles. The second-order valence-corrected chi connectivity index (χ2v) is 14.8. The van der Waals surface area contributed by atoms with E-state index in [1.807, 2.05) is 24.3 Å². The van der Waals surface area contributed by atoms with E-state index >= 15 is 0 Å². The highest BCUT2D eigenvalue weighted by Crippen LogP contribution is 2.42. The predicted molar refractivity (Wildman–Crippen MR) is 243 cm³/mol. The maximum Gasteiger partial charge on any atom is 0.164 e. The molecule has 9 aromatic carbocycles. The Bertz CT molecular complexity index is 3300. The summed E-state index contributed by atoms with van der Waals surface area (Å²) in [5.41, 5.74) is 13.3. The van der Waals surface area contributed by atoms with Crippen LogP contribution < -0.4 is 0 Å². The molecule has 0 saturated heterocycles. The summed E-state index contributed by atoms with van der Waals surface area (Å²) in [6, 6.07) is 74.0. The van der Waals surface area contributed by atoms with Crippen LogP contribution in [0.2, 0.25) is 0 Å². The first kappa shape index (κ1) is 34.3. The largest absolute Gasteiger partial charge is 0.455 e. The molecular formula is C55H35N3O. The molecule has 0 aliphatic carbocycles. The van der Waals surface area contributed by atoms with Crippen LogP contribution in [0.3, 0.4) is 0 Å². The fraction of sp³-hybridized carbons (Fsp3) is 0. The van der Waals surface area contributed by atoms with Crippen LogP contribution in [0.1, 0.15) is 0 Å². The minimum atomic E-state index is 0.582. The van der Waals surface area contributed by atoms with Crippen molar-refractivity contribution in [1.29, 1.82) is 0 Å². The van der Waals surface area contributed by atoms with Crippen molar-refractivity contribution in [1.82, 2.24) is 15.0 Å². The molecule has 11 rings (SSSR count). The Hall–Kier alpha value is -7.95. The van der Waals surface area contributed by atoms with Crippen LogP contribution in [0.15, 0.2) is 217 Å². The summed E-state index contributed by atoms with van der Waals surface area (Å²) < 4.78 is 6.84.